The molecular formula is C15H5BrCl2NO4-. The van der Waals surface area contributed by atoms with Gasteiger partial charge in [0.15, 0.2) is 0 Å². The summed E-state index contributed by atoms with van der Waals surface area (Å²) in [5, 5.41) is 11.3. The fraction of sp³-hybridized carbons (Fsp3) is 0. The first-order valence-electron chi connectivity index (χ1n) is 6.20. The van der Waals surface area contributed by atoms with E-state index in [9.17, 15) is 19.5 Å². The number of fused-ring (bicyclic) bond motifs is 1. The van der Waals surface area contributed by atoms with Gasteiger partial charge >= 0.3 is 0 Å². The maximum absolute atomic E-state index is 12.5. The molecule has 0 unspecified atom stereocenters. The molecule has 3 rings (SSSR count). The van der Waals surface area contributed by atoms with Crippen molar-refractivity contribution in [2.24, 2.45) is 0 Å². The molecule has 2 amide bonds. The first-order chi connectivity index (χ1) is 10.8. The number of amides is 2. The van der Waals surface area contributed by atoms with Gasteiger partial charge in [0.25, 0.3) is 11.8 Å². The zero-order valence-electron chi connectivity index (χ0n) is 11.1. The van der Waals surface area contributed by atoms with Crippen molar-refractivity contribution >= 4 is 62.6 Å². The molecule has 0 spiro atoms. The summed E-state index contributed by atoms with van der Waals surface area (Å²) in [6.07, 6.45) is 0. The van der Waals surface area contributed by atoms with Crippen molar-refractivity contribution in [2.45, 2.75) is 0 Å². The topological polar surface area (TPSA) is 77.5 Å². The Bertz CT molecular complexity index is 856. The highest BCUT2D eigenvalue weighted by atomic mass is 79.9. The third-order valence-corrected chi connectivity index (χ3v) is 4.74. The largest absolute Gasteiger partial charge is 0.545 e. The number of rotatable bonds is 2. The first kappa shape index (κ1) is 16.0. The zero-order valence-corrected chi connectivity index (χ0v) is 14.2. The van der Waals surface area contributed by atoms with Crippen LogP contribution in [0.5, 0.6) is 0 Å². The summed E-state index contributed by atoms with van der Waals surface area (Å²) in [5.74, 6) is -2.64. The Hall–Kier alpha value is -1.89. The number of carbonyl (C=O) groups is 3. The number of carboxylic acid groups (broad SMARTS) is 1. The molecule has 1 aliphatic rings. The first-order valence-corrected chi connectivity index (χ1v) is 7.75. The molecule has 1 aliphatic heterocycles. The molecule has 5 nitrogen and oxygen atoms in total. The molecule has 0 bridgehead atoms. The minimum atomic E-state index is -1.42. The average molecular weight is 414 g/mol. The second-order valence-electron chi connectivity index (χ2n) is 4.71. The molecule has 0 aliphatic carbocycles. The highest BCUT2D eigenvalue weighted by Gasteiger charge is 2.38. The van der Waals surface area contributed by atoms with Crippen molar-refractivity contribution in [2.75, 3.05) is 4.90 Å². The molecule has 116 valence electrons. The highest BCUT2D eigenvalue weighted by molar-refractivity contribution is 9.10. The van der Waals surface area contributed by atoms with Crippen molar-refractivity contribution in [3.8, 4) is 0 Å². The highest BCUT2D eigenvalue weighted by Crippen LogP contribution is 2.37. The van der Waals surface area contributed by atoms with Crippen LogP contribution >= 0.6 is 39.1 Å². The van der Waals surface area contributed by atoms with Crippen molar-refractivity contribution < 1.29 is 19.5 Å². The number of imide groups is 1. The lowest BCUT2D eigenvalue weighted by Gasteiger charge is -2.17. The van der Waals surface area contributed by atoms with Gasteiger partial charge in [0, 0.05) is 4.47 Å². The van der Waals surface area contributed by atoms with Gasteiger partial charge in [-0.2, -0.15) is 0 Å². The summed E-state index contributed by atoms with van der Waals surface area (Å²) in [6, 6.07) is 6.54. The summed E-state index contributed by atoms with van der Waals surface area (Å²) >= 11 is 15.0. The number of carbonyl (C=O) groups excluding carboxylic acids is 3. The second-order valence-corrected chi connectivity index (χ2v) is 6.38. The Morgan fingerprint density at radius 1 is 1.00 bits per heavy atom. The predicted octanol–water partition coefficient (Wildman–Crippen LogP) is 2.92. The molecular weight excluding hydrogens is 409 g/mol. The van der Waals surface area contributed by atoms with Crippen LogP contribution in [0.15, 0.2) is 34.8 Å². The van der Waals surface area contributed by atoms with Crippen molar-refractivity contribution in [1.29, 1.82) is 0 Å². The van der Waals surface area contributed by atoms with E-state index in [2.05, 4.69) is 15.9 Å². The molecule has 1 heterocycles. The SMILES string of the molecule is O=C([O-])c1ccc(Br)c(N2C(=O)c3cc(Cl)c(Cl)cc3C2=O)c1. The van der Waals surface area contributed by atoms with E-state index in [1.54, 1.807) is 0 Å². The van der Waals surface area contributed by atoms with Gasteiger partial charge in [-0.15, -0.1) is 0 Å². The number of nitrogens with zero attached hydrogens (tertiary/aromatic N) is 1. The molecule has 0 saturated carbocycles. The molecule has 8 heteroatoms. The van der Waals surface area contributed by atoms with E-state index in [4.69, 9.17) is 23.2 Å². The van der Waals surface area contributed by atoms with Gasteiger partial charge in [0.05, 0.1) is 32.8 Å². The van der Waals surface area contributed by atoms with E-state index >= 15 is 0 Å². The standard InChI is InChI=1S/C15H6BrCl2NO4/c16-9-2-1-6(15(22)23)3-12(9)19-13(20)7-4-10(17)11(18)5-8(7)14(19)21/h1-5H,(H,22,23)/p-1. The number of anilines is 1. The van der Waals surface area contributed by atoms with Crippen LogP contribution in [0, 0.1) is 0 Å². The van der Waals surface area contributed by atoms with Crippen LogP contribution in [0.4, 0.5) is 5.69 Å². The lowest BCUT2D eigenvalue weighted by molar-refractivity contribution is -0.255. The molecule has 0 fully saturated rings. The van der Waals surface area contributed by atoms with Crippen LogP contribution < -0.4 is 10.0 Å². The van der Waals surface area contributed by atoms with E-state index in [-0.39, 0.29) is 32.4 Å². The van der Waals surface area contributed by atoms with Crippen LogP contribution in [0.25, 0.3) is 0 Å². The normalized spacial score (nSPS) is 13.4. The van der Waals surface area contributed by atoms with E-state index in [0.717, 1.165) is 4.90 Å². The zero-order chi connectivity index (χ0) is 16.9. The summed E-state index contributed by atoms with van der Waals surface area (Å²) in [5.41, 5.74) is 0.159. The van der Waals surface area contributed by atoms with E-state index in [1.807, 2.05) is 0 Å². The Morgan fingerprint density at radius 2 is 1.52 bits per heavy atom. The second kappa shape index (κ2) is 5.63. The molecule has 2 aromatic carbocycles. The number of benzene rings is 2. The molecule has 0 N–H and O–H groups in total. The third kappa shape index (κ3) is 2.52. The number of aromatic carboxylic acids is 1. The summed E-state index contributed by atoms with van der Waals surface area (Å²) in [4.78, 5) is 36.9. The lowest BCUT2D eigenvalue weighted by Crippen LogP contribution is -2.30. The Kier molecular flexibility index (Phi) is 3.91. The lowest BCUT2D eigenvalue weighted by atomic mass is 10.1. The van der Waals surface area contributed by atoms with Gasteiger partial charge in [-0.25, -0.2) is 4.90 Å². The summed E-state index contributed by atoms with van der Waals surface area (Å²) in [6.45, 7) is 0. The Balaban J connectivity index is 2.16. The number of carboxylic acids is 1. The van der Waals surface area contributed by atoms with Gasteiger partial charge in [-0.3, -0.25) is 9.59 Å². The minimum Gasteiger partial charge on any atom is -0.545 e. The van der Waals surface area contributed by atoms with Gasteiger partial charge in [0.1, 0.15) is 0 Å². The van der Waals surface area contributed by atoms with E-state index in [1.165, 1.54) is 30.3 Å². The summed E-state index contributed by atoms with van der Waals surface area (Å²) < 4.78 is 0.384. The number of halogens is 3. The average Bonchev–Trinajstić information content (AvgIpc) is 2.72. The summed E-state index contributed by atoms with van der Waals surface area (Å²) in [7, 11) is 0. The van der Waals surface area contributed by atoms with Gasteiger partial charge < -0.3 is 9.90 Å². The van der Waals surface area contributed by atoms with E-state index in [0.29, 0.717) is 4.47 Å². The van der Waals surface area contributed by atoms with Crippen LogP contribution in [0.1, 0.15) is 31.1 Å². The van der Waals surface area contributed by atoms with Gasteiger partial charge in [0.2, 0.25) is 0 Å². The van der Waals surface area contributed by atoms with Crippen LogP contribution in [0.3, 0.4) is 0 Å². The third-order valence-electron chi connectivity index (χ3n) is 3.35. The van der Waals surface area contributed by atoms with E-state index < -0.39 is 17.8 Å². The monoisotopic (exact) mass is 412 g/mol. The molecule has 0 atom stereocenters. The predicted molar refractivity (Wildman–Crippen MR) is 86.1 cm³/mol. The fourth-order valence-electron chi connectivity index (χ4n) is 2.26. The molecule has 0 aromatic heterocycles. The van der Waals surface area contributed by atoms with Gasteiger partial charge in [-0.1, -0.05) is 29.3 Å². The minimum absolute atomic E-state index is 0.102. The van der Waals surface area contributed by atoms with Crippen LogP contribution in [-0.4, -0.2) is 17.8 Å². The molecule has 23 heavy (non-hydrogen) atoms. The molecule has 0 radical (unpaired) electrons. The number of hydrogen-bond acceptors (Lipinski definition) is 4. The van der Waals surface area contributed by atoms with Crippen molar-refractivity contribution in [3.05, 3.63) is 61.5 Å². The van der Waals surface area contributed by atoms with Crippen LogP contribution in [0.2, 0.25) is 10.0 Å². The van der Waals surface area contributed by atoms with Crippen molar-refractivity contribution in [1.82, 2.24) is 0 Å². The van der Waals surface area contributed by atoms with Crippen LogP contribution in [-0.2, 0) is 0 Å². The molecule has 2 aromatic rings. The fourth-order valence-corrected chi connectivity index (χ4v) is 3.01. The Morgan fingerprint density at radius 3 is 2.00 bits per heavy atom. The Labute approximate surface area is 148 Å². The quantitative estimate of drug-likeness (QED) is 0.709. The smallest absolute Gasteiger partial charge is 0.266 e. The number of hydrogen-bond donors (Lipinski definition) is 0. The van der Waals surface area contributed by atoms with Crippen molar-refractivity contribution in [3.63, 3.8) is 0 Å². The van der Waals surface area contributed by atoms with Gasteiger partial charge in [-0.05, 0) is 45.8 Å². The maximum atomic E-state index is 12.5. The maximum Gasteiger partial charge on any atom is 0.266 e. The molecule has 0 saturated heterocycles.